The predicted octanol–water partition coefficient (Wildman–Crippen LogP) is 9.12. The van der Waals surface area contributed by atoms with Crippen molar-refractivity contribution in [1.82, 2.24) is 4.57 Å². The van der Waals surface area contributed by atoms with Crippen molar-refractivity contribution >= 4 is 11.6 Å². The fourth-order valence-corrected chi connectivity index (χ4v) is 6.70. The Balaban J connectivity index is 1.37. The average Bonchev–Trinajstić information content (AvgIpc) is 3.47. The van der Waals surface area contributed by atoms with Crippen molar-refractivity contribution in [2.24, 2.45) is 0 Å². The number of methoxy groups -OCH3 is 1. The number of carbonyl (C=O) groups excluding carboxylic acids is 1. The Morgan fingerprint density at radius 2 is 1.54 bits per heavy atom. The summed E-state index contributed by atoms with van der Waals surface area (Å²) in [6, 6.07) is 36.1. The molecule has 0 saturated carbocycles. The largest absolute Gasteiger partial charge is 0.379 e. The molecule has 1 aromatic heterocycles. The van der Waals surface area contributed by atoms with E-state index in [-0.39, 0.29) is 36.0 Å². The fraction of sp³-hybridized carbons (Fsp3) is 0.293. The third-order valence-electron chi connectivity index (χ3n) is 8.96. The number of hydrogen-bond donors (Lipinski definition) is 1. The van der Waals surface area contributed by atoms with Gasteiger partial charge in [0.2, 0.25) is 0 Å². The minimum absolute atomic E-state index is 0.000512. The summed E-state index contributed by atoms with van der Waals surface area (Å²) in [4.78, 5) is 14.3. The van der Waals surface area contributed by atoms with E-state index in [0.717, 1.165) is 45.7 Å². The quantitative estimate of drug-likeness (QED) is 0.147. The molecule has 6 rings (SSSR count). The smallest absolute Gasteiger partial charge is 0.258 e. The summed E-state index contributed by atoms with van der Waals surface area (Å²) in [5.74, 6) is -0.501. The average molecular weight is 647 g/mol. The van der Waals surface area contributed by atoms with Crippen LogP contribution in [0.5, 0.6) is 0 Å². The highest BCUT2D eigenvalue weighted by atomic mass is 19.1. The molecule has 4 aromatic carbocycles. The number of halogens is 1. The molecule has 1 aliphatic heterocycles. The Morgan fingerprint density at radius 1 is 0.896 bits per heavy atom. The van der Waals surface area contributed by atoms with Gasteiger partial charge in [0, 0.05) is 37.0 Å². The van der Waals surface area contributed by atoms with Gasteiger partial charge in [-0.1, -0.05) is 92.7 Å². The highest BCUT2D eigenvalue weighted by Crippen LogP contribution is 2.43. The van der Waals surface area contributed by atoms with Crippen LogP contribution in [0.1, 0.15) is 54.2 Å². The van der Waals surface area contributed by atoms with Gasteiger partial charge < -0.3 is 24.1 Å². The first-order valence-corrected chi connectivity index (χ1v) is 16.7. The van der Waals surface area contributed by atoms with Crippen LogP contribution >= 0.6 is 0 Å². The minimum Gasteiger partial charge on any atom is -0.379 e. The molecule has 0 radical (unpaired) electrons. The lowest BCUT2D eigenvalue weighted by molar-refractivity contribution is -0.155. The van der Waals surface area contributed by atoms with Crippen LogP contribution < -0.4 is 5.32 Å². The molecule has 1 aliphatic rings. The summed E-state index contributed by atoms with van der Waals surface area (Å²) >= 11 is 0. The molecule has 0 spiro atoms. The molecule has 248 valence electrons. The van der Waals surface area contributed by atoms with Gasteiger partial charge in [0.25, 0.3) is 5.91 Å². The number of anilines is 1. The van der Waals surface area contributed by atoms with Crippen LogP contribution in [0.2, 0.25) is 0 Å². The lowest BCUT2D eigenvalue weighted by Gasteiger charge is -2.35. The van der Waals surface area contributed by atoms with Gasteiger partial charge in [-0.3, -0.25) is 4.79 Å². The molecular weight excluding hydrogens is 603 g/mol. The molecular formula is C41H43FN2O4. The zero-order valence-corrected chi connectivity index (χ0v) is 27.8. The summed E-state index contributed by atoms with van der Waals surface area (Å²) in [5.41, 5.74) is 6.80. The predicted molar refractivity (Wildman–Crippen MR) is 189 cm³/mol. The number of benzene rings is 4. The molecule has 3 atom stereocenters. The van der Waals surface area contributed by atoms with Gasteiger partial charge >= 0.3 is 0 Å². The fourth-order valence-electron chi connectivity index (χ4n) is 6.70. The van der Waals surface area contributed by atoms with Crippen LogP contribution in [-0.4, -0.2) is 42.5 Å². The number of rotatable bonds is 12. The maximum Gasteiger partial charge on any atom is 0.258 e. The second kappa shape index (κ2) is 15.6. The van der Waals surface area contributed by atoms with Gasteiger partial charge in [0.15, 0.2) is 0 Å². The third-order valence-corrected chi connectivity index (χ3v) is 8.96. The Bertz CT molecular complexity index is 1770. The van der Waals surface area contributed by atoms with E-state index in [9.17, 15) is 9.18 Å². The summed E-state index contributed by atoms with van der Waals surface area (Å²) in [7, 11) is 1.72. The summed E-state index contributed by atoms with van der Waals surface area (Å²) < 4.78 is 35.1. The Hall–Kier alpha value is -4.56. The SMILES string of the molecule is COC1CC(OCc2ccccc2)COC1CCn1c(-c2ccc(F)cc2)c(-c2ccccc2)c(C(=O)Nc2ccccc2)c1C(C)C. The summed E-state index contributed by atoms with van der Waals surface area (Å²) in [5, 5.41) is 3.14. The second-order valence-electron chi connectivity index (χ2n) is 12.6. The second-order valence-corrected chi connectivity index (χ2v) is 12.6. The minimum atomic E-state index is -0.313. The van der Waals surface area contributed by atoms with Crippen molar-refractivity contribution in [2.45, 2.75) is 64.1 Å². The maximum atomic E-state index is 14.3. The Labute approximate surface area is 282 Å². The molecule has 1 fully saturated rings. The molecule has 1 amide bonds. The van der Waals surface area contributed by atoms with E-state index in [4.69, 9.17) is 14.2 Å². The zero-order chi connectivity index (χ0) is 33.5. The molecule has 48 heavy (non-hydrogen) atoms. The topological polar surface area (TPSA) is 61.7 Å². The molecule has 3 unspecified atom stereocenters. The van der Waals surface area contributed by atoms with Gasteiger partial charge in [0.1, 0.15) is 5.82 Å². The van der Waals surface area contributed by atoms with E-state index in [0.29, 0.717) is 31.7 Å². The number of para-hydroxylation sites is 1. The first-order valence-electron chi connectivity index (χ1n) is 16.7. The lowest BCUT2D eigenvalue weighted by atomic mass is 9.94. The van der Waals surface area contributed by atoms with Crippen molar-refractivity contribution in [3.8, 4) is 22.4 Å². The van der Waals surface area contributed by atoms with Crippen molar-refractivity contribution in [1.29, 1.82) is 0 Å². The maximum absolute atomic E-state index is 14.3. The monoisotopic (exact) mass is 646 g/mol. The summed E-state index contributed by atoms with van der Waals surface area (Å²) in [6.45, 7) is 5.79. The highest BCUT2D eigenvalue weighted by molar-refractivity contribution is 6.12. The molecule has 6 nitrogen and oxygen atoms in total. The molecule has 1 saturated heterocycles. The first-order chi connectivity index (χ1) is 23.4. The number of aromatic nitrogens is 1. The molecule has 5 aromatic rings. The van der Waals surface area contributed by atoms with Gasteiger partial charge in [-0.2, -0.15) is 0 Å². The number of ether oxygens (including phenoxy) is 3. The number of nitrogens with zero attached hydrogens (tertiary/aromatic N) is 1. The number of hydrogen-bond acceptors (Lipinski definition) is 4. The Morgan fingerprint density at radius 3 is 2.19 bits per heavy atom. The van der Waals surface area contributed by atoms with Crippen LogP contribution in [-0.2, 0) is 27.4 Å². The van der Waals surface area contributed by atoms with E-state index >= 15 is 0 Å². The van der Waals surface area contributed by atoms with Crippen molar-refractivity contribution in [3.63, 3.8) is 0 Å². The van der Waals surface area contributed by atoms with Crippen LogP contribution in [0.15, 0.2) is 115 Å². The van der Waals surface area contributed by atoms with Gasteiger partial charge in [-0.25, -0.2) is 4.39 Å². The van der Waals surface area contributed by atoms with Gasteiger partial charge in [-0.15, -0.1) is 0 Å². The lowest BCUT2D eigenvalue weighted by Crippen LogP contribution is -2.43. The number of carbonyl (C=O) groups is 1. The molecule has 2 heterocycles. The van der Waals surface area contributed by atoms with Crippen LogP contribution in [0.4, 0.5) is 10.1 Å². The molecule has 0 aliphatic carbocycles. The van der Waals surface area contributed by atoms with Crippen LogP contribution in [0, 0.1) is 5.82 Å². The Kier molecular flexibility index (Phi) is 10.8. The van der Waals surface area contributed by atoms with Crippen molar-refractivity contribution < 1.29 is 23.4 Å². The van der Waals surface area contributed by atoms with Crippen LogP contribution in [0.25, 0.3) is 22.4 Å². The van der Waals surface area contributed by atoms with Gasteiger partial charge in [0.05, 0.1) is 42.8 Å². The zero-order valence-electron chi connectivity index (χ0n) is 27.8. The van der Waals surface area contributed by atoms with E-state index in [1.165, 1.54) is 12.1 Å². The van der Waals surface area contributed by atoms with Gasteiger partial charge in [-0.05, 0) is 65.4 Å². The van der Waals surface area contributed by atoms with Crippen molar-refractivity contribution in [2.75, 3.05) is 19.0 Å². The van der Waals surface area contributed by atoms with Crippen LogP contribution in [0.3, 0.4) is 0 Å². The summed E-state index contributed by atoms with van der Waals surface area (Å²) in [6.07, 6.45) is 0.984. The van der Waals surface area contributed by atoms with E-state index < -0.39 is 0 Å². The molecule has 7 heteroatoms. The highest BCUT2D eigenvalue weighted by Gasteiger charge is 2.34. The molecule has 1 N–H and O–H groups in total. The third kappa shape index (κ3) is 7.60. The molecule has 0 bridgehead atoms. The van der Waals surface area contributed by atoms with E-state index in [2.05, 4.69) is 35.9 Å². The number of amides is 1. The van der Waals surface area contributed by atoms with E-state index in [1.54, 1.807) is 19.2 Å². The standard InChI is InChI=1S/C41H43FN2O4/c1-28(2)39-38(41(45)43-33-17-11-6-12-18-33)37(30-15-9-5-10-16-30)40(31-19-21-32(42)22-20-31)44(39)24-23-35-36(46-3)25-34(27-48-35)47-26-29-13-7-4-8-14-29/h4-22,28,34-36H,23-27H2,1-3H3,(H,43,45). The van der Waals surface area contributed by atoms with Crippen molar-refractivity contribution in [3.05, 3.63) is 138 Å². The normalized spacial score (nSPS) is 17.8. The van der Waals surface area contributed by atoms with E-state index in [1.807, 2.05) is 78.9 Å². The number of nitrogens with one attached hydrogen (secondary N) is 1. The first kappa shape index (κ1) is 33.3.